The zero-order valence-corrected chi connectivity index (χ0v) is 8.42. The van der Waals surface area contributed by atoms with Crippen molar-refractivity contribution in [2.75, 3.05) is 18.1 Å². The van der Waals surface area contributed by atoms with E-state index >= 15 is 0 Å². The van der Waals surface area contributed by atoms with Gasteiger partial charge in [-0.05, 0) is 24.6 Å². The highest BCUT2D eigenvalue weighted by atomic mass is 16.1. The zero-order valence-electron chi connectivity index (χ0n) is 8.42. The maximum absolute atomic E-state index is 11.2. The van der Waals surface area contributed by atoms with E-state index in [2.05, 4.69) is 11.9 Å². The highest BCUT2D eigenvalue weighted by Crippen LogP contribution is 2.26. The Bertz CT molecular complexity index is 383. The number of nitrogen functional groups attached to an aromatic ring is 1. The minimum atomic E-state index is 0.00227. The van der Waals surface area contributed by atoms with Gasteiger partial charge in [0.05, 0.1) is 11.4 Å². The van der Waals surface area contributed by atoms with Crippen molar-refractivity contribution in [1.82, 2.24) is 0 Å². The van der Waals surface area contributed by atoms with Crippen molar-refractivity contribution in [2.24, 2.45) is 0 Å². The van der Waals surface area contributed by atoms with Gasteiger partial charge in [-0.15, -0.1) is 0 Å². The van der Waals surface area contributed by atoms with Crippen LogP contribution in [0.5, 0.6) is 0 Å². The highest BCUT2D eigenvalue weighted by Gasteiger charge is 2.07. The molecule has 0 unspecified atom stereocenters. The first-order valence-electron chi connectivity index (χ1n) is 4.34. The monoisotopic (exact) mass is 190 g/mol. The third-order valence-electron chi connectivity index (χ3n) is 2.08. The molecule has 1 aromatic carbocycles. The van der Waals surface area contributed by atoms with Crippen molar-refractivity contribution in [1.29, 1.82) is 0 Å². The summed E-state index contributed by atoms with van der Waals surface area (Å²) in [5.41, 5.74) is 8.61. The van der Waals surface area contributed by atoms with Crippen LogP contribution in [0.4, 0.5) is 11.4 Å². The predicted octanol–water partition coefficient (Wildman–Crippen LogP) is 2.16. The third-order valence-corrected chi connectivity index (χ3v) is 2.08. The van der Waals surface area contributed by atoms with Gasteiger partial charge in [-0.3, -0.25) is 4.79 Å². The first kappa shape index (κ1) is 10.3. The average molecular weight is 190 g/mol. The largest absolute Gasteiger partial charge is 0.397 e. The lowest BCUT2D eigenvalue weighted by atomic mass is 10.0. The Morgan fingerprint density at radius 2 is 2.21 bits per heavy atom. The van der Waals surface area contributed by atoms with Gasteiger partial charge in [0.15, 0.2) is 5.78 Å². The number of Topliss-reactive ketones (excluding diaryl/α,β-unsaturated/α-hetero) is 1. The van der Waals surface area contributed by atoms with E-state index < -0.39 is 0 Å². The number of nitrogens with one attached hydrogen (secondary N) is 1. The topological polar surface area (TPSA) is 55.1 Å². The molecule has 3 N–H and O–H groups in total. The van der Waals surface area contributed by atoms with Crippen LogP contribution in [0, 0.1) is 0 Å². The summed E-state index contributed by atoms with van der Waals surface area (Å²) in [5, 5.41) is 2.97. The van der Waals surface area contributed by atoms with E-state index in [1.54, 1.807) is 25.3 Å². The molecular formula is C11H14N2O. The molecule has 74 valence electrons. The highest BCUT2D eigenvalue weighted by molar-refractivity contribution is 5.97. The Morgan fingerprint density at radius 3 is 2.64 bits per heavy atom. The SMILES string of the molecule is C=Cc1cc(C(C)=O)cc(N)c1NC. The molecule has 0 amide bonds. The second kappa shape index (κ2) is 3.96. The van der Waals surface area contributed by atoms with E-state index in [9.17, 15) is 4.79 Å². The van der Waals surface area contributed by atoms with Crippen LogP contribution in [0.3, 0.4) is 0 Å². The Kier molecular flexibility index (Phi) is 2.92. The van der Waals surface area contributed by atoms with Crippen molar-refractivity contribution in [3.05, 3.63) is 29.8 Å². The van der Waals surface area contributed by atoms with E-state index in [-0.39, 0.29) is 5.78 Å². The van der Waals surface area contributed by atoms with Gasteiger partial charge < -0.3 is 11.1 Å². The molecule has 0 saturated heterocycles. The fourth-order valence-corrected chi connectivity index (χ4v) is 1.34. The second-order valence-electron chi connectivity index (χ2n) is 3.04. The van der Waals surface area contributed by atoms with Crippen LogP contribution in [0.1, 0.15) is 22.8 Å². The molecule has 0 heterocycles. The Labute approximate surface area is 83.6 Å². The zero-order chi connectivity index (χ0) is 10.7. The van der Waals surface area contributed by atoms with E-state index in [1.165, 1.54) is 6.92 Å². The van der Waals surface area contributed by atoms with E-state index in [1.807, 2.05) is 0 Å². The van der Waals surface area contributed by atoms with Crippen LogP contribution >= 0.6 is 0 Å². The maximum Gasteiger partial charge on any atom is 0.159 e. The van der Waals surface area contributed by atoms with Crippen molar-refractivity contribution in [3.8, 4) is 0 Å². The number of carbonyl (C=O) groups excluding carboxylic acids is 1. The summed E-state index contributed by atoms with van der Waals surface area (Å²) in [6.45, 7) is 5.19. The number of anilines is 2. The summed E-state index contributed by atoms with van der Waals surface area (Å²) in [7, 11) is 1.78. The van der Waals surface area contributed by atoms with Gasteiger partial charge in [0.25, 0.3) is 0 Å². The van der Waals surface area contributed by atoms with Crippen molar-refractivity contribution >= 4 is 23.2 Å². The summed E-state index contributed by atoms with van der Waals surface area (Å²) in [5.74, 6) is 0.00227. The maximum atomic E-state index is 11.2. The molecular weight excluding hydrogens is 176 g/mol. The Morgan fingerprint density at radius 1 is 1.57 bits per heavy atom. The number of benzene rings is 1. The number of hydrogen-bond acceptors (Lipinski definition) is 3. The van der Waals surface area contributed by atoms with Gasteiger partial charge in [-0.2, -0.15) is 0 Å². The van der Waals surface area contributed by atoms with Crippen LogP contribution in [0.25, 0.3) is 6.08 Å². The molecule has 0 aliphatic carbocycles. The van der Waals surface area contributed by atoms with Gasteiger partial charge in [-0.25, -0.2) is 0 Å². The molecule has 0 bridgehead atoms. The lowest BCUT2D eigenvalue weighted by molar-refractivity contribution is 0.101. The standard InChI is InChI=1S/C11H14N2O/c1-4-8-5-9(7(2)14)6-10(12)11(8)13-3/h4-6,13H,1,12H2,2-3H3. The molecule has 0 fully saturated rings. The fraction of sp³-hybridized carbons (Fsp3) is 0.182. The molecule has 0 atom stereocenters. The molecule has 0 saturated carbocycles. The molecule has 0 aliphatic heterocycles. The number of nitrogens with two attached hydrogens (primary N) is 1. The van der Waals surface area contributed by atoms with Gasteiger partial charge in [0, 0.05) is 12.6 Å². The van der Waals surface area contributed by atoms with E-state index in [4.69, 9.17) is 5.73 Å². The normalized spacial score (nSPS) is 9.57. The predicted molar refractivity (Wildman–Crippen MR) is 60.5 cm³/mol. The molecule has 0 spiro atoms. The molecule has 0 aromatic heterocycles. The summed E-state index contributed by atoms with van der Waals surface area (Å²) in [6, 6.07) is 3.44. The third kappa shape index (κ3) is 1.76. The van der Waals surface area contributed by atoms with Gasteiger partial charge in [0.1, 0.15) is 0 Å². The van der Waals surface area contributed by atoms with Crippen LogP contribution < -0.4 is 11.1 Å². The number of ketones is 1. The van der Waals surface area contributed by atoms with Gasteiger partial charge in [-0.1, -0.05) is 12.7 Å². The van der Waals surface area contributed by atoms with Crippen molar-refractivity contribution in [3.63, 3.8) is 0 Å². The number of rotatable bonds is 3. The molecule has 1 aromatic rings. The molecule has 3 nitrogen and oxygen atoms in total. The number of carbonyl (C=O) groups is 1. The van der Waals surface area contributed by atoms with Crippen molar-refractivity contribution in [2.45, 2.75) is 6.92 Å². The van der Waals surface area contributed by atoms with E-state index in [0.717, 1.165) is 11.3 Å². The average Bonchev–Trinajstić information content (AvgIpc) is 2.16. The summed E-state index contributed by atoms with van der Waals surface area (Å²) in [6.07, 6.45) is 1.68. The summed E-state index contributed by atoms with van der Waals surface area (Å²) in [4.78, 5) is 11.2. The van der Waals surface area contributed by atoms with Gasteiger partial charge >= 0.3 is 0 Å². The Hall–Kier alpha value is -1.77. The van der Waals surface area contributed by atoms with Crippen molar-refractivity contribution < 1.29 is 4.79 Å². The fourth-order valence-electron chi connectivity index (χ4n) is 1.34. The summed E-state index contributed by atoms with van der Waals surface area (Å²) >= 11 is 0. The first-order valence-corrected chi connectivity index (χ1v) is 4.34. The van der Waals surface area contributed by atoms with Crippen LogP contribution in [0.15, 0.2) is 18.7 Å². The molecule has 14 heavy (non-hydrogen) atoms. The van der Waals surface area contributed by atoms with Gasteiger partial charge in [0.2, 0.25) is 0 Å². The molecule has 3 heteroatoms. The number of hydrogen-bond donors (Lipinski definition) is 2. The van der Waals surface area contributed by atoms with Crippen LogP contribution in [-0.4, -0.2) is 12.8 Å². The van der Waals surface area contributed by atoms with E-state index in [0.29, 0.717) is 11.3 Å². The smallest absolute Gasteiger partial charge is 0.159 e. The van der Waals surface area contributed by atoms with Crippen LogP contribution in [-0.2, 0) is 0 Å². The quantitative estimate of drug-likeness (QED) is 0.567. The van der Waals surface area contributed by atoms with Crippen LogP contribution in [0.2, 0.25) is 0 Å². The second-order valence-corrected chi connectivity index (χ2v) is 3.04. The first-order chi connectivity index (χ1) is 6.60. The molecule has 0 aliphatic rings. The minimum Gasteiger partial charge on any atom is -0.397 e. The Balaban J connectivity index is 3.38. The lowest BCUT2D eigenvalue weighted by Gasteiger charge is -2.10. The molecule has 0 radical (unpaired) electrons. The summed E-state index contributed by atoms with van der Waals surface area (Å²) < 4.78 is 0. The lowest BCUT2D eigenvalue weighted by Crippen LogP contribution is -2.02. The molecule has 1 rings (SSSR count). The minimum absolute atomic E-state index is 0.00227.